The summed E-state index contributed by atoms with van der Waals surface area (Å²) in [6.45, 7) is 4.53. The minimum atomic E-state index is -0.152. The zero-order chi connectivity index (χ0) is 18.6. The molecule has 1 N–H and O–H groups in total. The van der Waals surface area contributed by atoms with E-state index in [2.05, 4.69) is 34.3 Å². The SMILES string of the molecule is CC1CCN(c2ccc(NC(=O)/C=C/c3cnc4ccccn34)cc2)CC1. The first kappa shape index (κ1) is 17.3. The smallest absolute Gasteiger partial charge is 0.248 e. The normalized spacial score (nSPS) is 15.5. The van der Waals surface area contributed by atoms with Crippen LogP contribution in [0.1, 0.15) is 25.5 Å². The first-order chi connectivity index (χ1) is 13.2. The highest BCUT2D eigenvalue weighted by atomic mass is 16.1. The quantitative estimate of drug-likeness (QED) is 0.709. The number of pyridine rings is 1. The zero-order valence-corrected chi connectivity index (χ0v) is 15.5. The van der Waals surface area contributed by atoms with Gasteiger partial charge in [0.05, 0.1) is 11.9 Å². The molecule has 27 heavy (non-hydrogen) atoms. The fourth-order valence-corrected chi connectivity index (χ4v) is 3.44. The lowest BCUT2D eigenvalue weighted by Gasteiger charge is -2.32. The minimum absolute atomic E-state index is 0.152. The molecule has 0 bridgehead atoms. The van der Waals surface area contributed by atoms with Gasteiger partial charge in [-0.1, -0.05) is 13.0 Å². The molecule has 1 saturated heterocycles. The summed E-state index contributed by atoms with van der Waals surface area (Å²) in [5.41, 5.74) is 3.76. The fourth-order valence-electron chi connectivity index (χ4n) is 3.44. The molecule has 0 unspecified atom stereocenters. The van der Waals surface area contributed by atoms with E-state index in [-0.39, 0.29) is 5.91 Å². The summed E-state index contributed by atoms with van der Waals surface area (Å²) in [5.74, 6) is 0.667. The second kappa shape index (κ2) is 7.66. The Hall–Kier alpha value is -3.08. The van der Waals surface area contributed by atoms with Crippen molar-refractivity contribution >= 4 is 29.0 Å². The summed E-state index contributed by atoms with van der Waals surface area (Å²) >= 11 is 0. The predicted octanol–water partition coefficient (Wildman–Crippen LogP) is 4.22. The average molecular weight is 360 g/mol. The third kappa shape index (κ3) is 4.03. The molecule has 5 heteroatoms. The molecule has 2 aromatic heterocycles. The van der Waals surface area contributed by atoms with Gasteiger partial charge in [0.25, 0.3) is 0 Å². The van der Waals surface area contributed by atoms with Crippen molar-refractivity contribution < 1.29 is 4.79 Å². The topological polar surface area (TPSA) is 49.6 Å². The number of anilines is 2. The van der Waals surface area contributed by atoms with Crippen molar-refractivity contribution in [2.75, 3.05) is 23.3 Å². The highest BCUT2D eigenvalue weighted by Gasteiger charge is 2.15. The van der Waals surface area contributed by atoms with Gasteiger partial charge in [-0.15, -0.1) is 0 Å². The fraction of sp³-hybridized carbons (Fsp3) is 0.273. The molecule has 1 aliphatic rings. The number of hydrogen-bond acceptors (Lipinski definition) is 3. The van der Waals surface area contributed by atoms with Gasteiger partial charge in [0.15, 0.2) is 0 Å². The summed E-state index contributed by atoms with van der Waals surface area (Å²) in [5, 5.41) is 2.92. The molecule has 138 valence electrons. The van der Waals surface area contributed by atoms with Crippen LogP contribution in [0, 0.1) is 5.92 Å². The van der Waals surface area contributed by atoms with Gasteiger partial charge in [-0.3, -0.25) is 4.79 Å². The molecular formula is C22H24N4O. The Morgan fingerprint density at radius 3 is 2.70 bits per heavy atom. The van der Waals surface area contributed by atoms with Gasteiger partial charge in [-0.25, -0.2) is 4.98 Å². The van der Waals surface area contributed by atoms with E-state index in [1.54, 1.807) is 12.3 Å². The second-order valence-electron chi connectivity index (χ2n) is 7.15. The maximum absolute atomic E-state index is 12.2. The van der Waals surface area contributed by atoms with E-state index in [1.807, 2.05) is 40.9 Å². The van der Waals surface area contributed by atoms with Crippen LogP contribution in [0.5, 0.6) is 0 Å². The van der Waals surface area contributed by atoms with Crippen LogP contribution in [-0.4, -0.2) is 28.4 Å². The molecule has 0 spiro atoms. The van der Waals surface area contributed by atoms with Crippen molar-refractivity contribution in [2.45, 2.75) is 19.8 Å². The number of nitrogens with one attached hydrogen (secondary N) is 1. The second-order valence-corrected chi connectivity index (χ2v) is 7.15. The lowest BCUT2D eigenvalue weighted by molar-refractivity contribution is -0.111. The van der Waals surface area contributed by atoms with Crippen LogP contribution in [0.25, 0.3) is 11.7 Å². The molecule has 0 atom stereocenters. The Labute approximate surface area is 159 Å². The van der Waals surface area contributed by atoms with Crippen molar-refractivity contribution in [3.8, 4) is 0 Å². The Morgan fingerprint density at radius 2 is 1.93 bits per heavy atom. The van der Waals surface area contributed by atoms with Crippen LogP contribution in [0.15, 0.2) is 60.9 Å². The molecule has 1 aromatic carbocycles. The number of imidazole rings is 1. The van der Waals surface area contributed by atoms with E-state index in [9.17, 15) is 4.79 Å². The largest absolute Gasteiger partial charge is 0.372 e. The maximum atomic E-state index is 12.2. The van der Waals surface area contributed by atoms with Crippen LogP contribution in [0.3, 0.4) is 0 Å². The Morgan fingerprint density at radius 1 is 1.15 bits per heavy atom. The van der Waals surface area contributed by atoms with Crippen molar-refractivity contribution in [1.29, 1.82) is 0 Å². The lowest BCUT2D eigenvalue weighted by Crippen LogP contribution is -2.32. The maximum Gasteiger partial charge on any atom is 0.248 e. The van der Waals surface area contributed by atoms with Crippen molar-refractivity contribution in [1.82, 2.24) is 9.38 Å². The van der Waals surface area contributed by atoms with E-state index in [0.29, 0.717) is 0 Å². The van der Waals surface area contributed by atoms with Gasteiger partial charge in [-0.2, -0.15) is 0 Å². The molecule has 1 aliphatic heterocycles. The number of hydrogen-bond donors (Lipinski definition) is 1. The van der Waals surface area contributed by atoms with Gasteiger partial charge in [0, 0.05) is 36.7 Å². The summed E-state index contributed by atoms with van der Waals surface area (Å²) in [7, 11) is 0. The van der Waals surface area contributed by atoms with Crippen LogP contribution in [0.2, 0.25) is 0 Å². The number of benzene rings is 1. The average Bonchev–Trinajstić information content (AvgIpc) is 3.11. The van der Waals surface area contributed by atoms with E-state index in [1.165, 1.54) is 24.6 Å². The number of piperidine rings is 1. The van der Waals surface area contributed by atoms with Crippen molar-refractivity contribution in [3.63, 3.8) is 0 Å². The Balaban J connectivity index is 1.38. The van der Waals surface area contributed by atoms with Crippen LogP contribution >= 0.6 is 0 Å². The first-order valence-corrected chi connectivity index (χ1v) is 9.45. The van der Waals surface area contributed by atoms with Crippen molar-refractivity contribution in [2.24, 2.45) is 5.92 Å². The third-order valence-corrected chi connectivity index (χ3v) is 5.13. The van der Waals surface area contributed by atoms with E-state index in [4.69, 9.17) is 0 Å². The monoisotopic (exact) mass is 360 g/mol. The molecule has 1 amide bonds. The van der Waals surface area contributed by atoms with Gasteiger partial charge >= 0.3 is 0 Å². The standard InChI is InChI=1S/C22H24N4O/c1-17-11-14-25(15-12-17)19-7-5-18(6-8-19)24-22(27)10-9-20-16-23-21-4-2-3-13-26(20)21/h2-10,13,16-17H,11-12,14-15H2,1H3,(H,24,27)/b10-9+. The van der Waals surface area contributed by atoms with Crippen molar-refractivity contribution in [3.05, 3.63) is 66.6 Å². The number of carbonyl (C=O) groups is 1. The molecule has 4 rings (SSSR count). The summed E-state index contributed by atoms with van der Waals surface area (Å²) < 4.78 is 1.94. The molecule has 3 heterocycles. The summed E-state index contributed by atoms with van der Waals surface area (Å²) in [6.07, 6.45) is 9.49. The van der Waals surface area contributed by atoms with E-state index >= 15 is 0 Å². The first-order valence-electron chi connectivity index (χ1n) is 9.45. The third-order valence-electron chi connectivity index (χ3n) is 5.13. The van der Waals surface area contributed by atoms with Crippen LogP contribution in [0.4, 0.5) is 11.4 Å². The minimum Gasteiger partial charge on any atom is -0.372 e. The summed E-state index contributed by atoms with van der Waals surface area (Å²) in [4.78, 5) is 19.0. The van der Waals surface area contributed by atoms with Crippen LogP contribution in [-0.2, 0) is 4.79 Å². The highest BCUT2D eigenvalue weighted by Crippen LogP contribution is 2.24. The summed E-state index contributed by atoms with van der Waals surface area (Å²) in [6, 6.07) is 13.9. The van der Waals surface area contributed by atoms with Crippen LogP contribution < -0.4 is 10.2 Å². The van der Waals surface area contributed by atoms with Gasteiger partial charge < -0.3 is 14.6 Å². The Kier molecular flexibility index (Phi) is 4.92. The predicted molar refractivity (Wildman–Crippen MR) is 110 cm³/mol. The van der Waals surface area contributed by atoms with E-state index < -0.39 is 0 Å². The molecular weight excluding hydrogens is 336 g/mol. The highest BCUT2D eigenvalue weighted by molar-refractivity contribution is 6.01. The molecule has 0 radical (unpaired) electrons. The molecule has 0 aliphatic carbocycles. The number of aromatic nitrogens is 2. The number of carbonyl (C=O) groups excluding carboxylic acids is 1. The van der Waals surface area contributed by atoms with E-state index in [0.717, 1.165) is 36.0 Å². The number of fused-ring (bicyclic) bond motifs is 1. The number of amides is 1. The molecule has 0 saturated carbocycles. The van der Waals surface area contributed by atoms with Gasteiger partial charge in [0.1, 0.15) is 5.65 Å². The molecule has 1 fully saturated rings. The number of rotatable bonds is 4. The molecule has 5 nitrogen and oxygen atoms in total. The van der Waals surface area contributed by atoms with Gasteiger partial charge in [-0.05, 0) is 61.2 Å². The Bertz CT molecular complexity index is 950. The number of nitrogens with zero attached hydrogens (tertiary/aromatic N) is 3. The molecule has 3 aromatic rings. The lowest BCUT2D eigenvalue weighted by atomic mass is 9.99. The van der Waals surface area contributed by atoms with Gasteiger partial charge in [0.2, 0.25) is 5.91 Å². The zero-order valence-electron chi connectivity index (χ0n) is 15.5.